The van der Waals surface area contributed by atoms with E-state index >= 15 is 0 Å². The summed E-state index contributed by atoms with van der Waals surface area (Å²) in [6, 6.07) is 18.8. The van der Waals surface area contributed by atoms with Gasteiger partial charge < -0.3 is 19.9 Å². The van der Waals surface area contributed by atoms with Gasteiger partial charge in [-0.15, -0.1) is 11.3 Å². The number of hydrogen-bond acceptors (Lipinski definition) is 5. The van der Waals surface area contributed by atoms with Crippen molar-refractivity contribution in [2.75, 3.05) is 14.2 Å². The molecule has 0 aliphatic rings. The van der Waals surface area contributed by atoms with Crippen molar-refractivity contribution in [3.05, 3.63) is 87.6 Å². The molecular weight excluding hydrogens is 386 g/mol. The zero-order valence-corrected chi connectivity index (χ0v) is 17.1. The lowest BCUT2D eigenvalue weighted by molar-refractivity contribution is -0.116. The molecule has 1 unspecified atom stereocenters. The molecule has 0 saturated heterocycles. The van der Waals surface area contributed by atoms with Crippen LogP contribution >= 0.6 is 11.3 Å². The number of carbonyl (C=O) groups excluding carboxylic acids is 1. The lowest BCUT2D eigenvalue weighted by atomic mass is 10.1. The van der Waals surface area contributed by atoms with E-state index in [2.05, 4.69) is 5.32 Å². The maximum atomic E-state index is 12.1. The van der Waals surface area contributed by atoms with Gasteiger partial charge in [0.1, 0.15) is 6.10 Å². The average Bonchev–Trinajstić information content (AvgIpc) is 3.25. The predicted octanol–water partition coefficient (Wildman–Crippen LogP) is 4.18. The molecule has 6 heteroatoms. The molecule has 29 heavy (non-hydrogen) atoms. The molecule has 0 bridgehead atoms. The van der Waals surface area contributed by atoms with Gasteiger partial charge in [0.05, 0.1) is 20.8 Å². The fourth-order valence-electron chi connectivity index (χ4n) is 2.80. The van der Waals surface area contributed by atoms with Crippen LogP contribution < -0.4 is 14.8 Å². The van der Waals surface area contributed by atoms with Crippen molar-refractivity contribution in [1.82, 2.24) is 5.32 Å². The summed E-state index contributed by atoms with van der Waals surface area (Å²) in [5.74, 6) is 1.05. The zero-order chi connectivity index (χ0) is 20.6. The Bertz CT molecular complexity index is 982. The fraction of sp³-hybridized carbons (Fsp3) is 0.174. The Morgan fingerprint density at radius 3 is 2.55 bits per heavy atom. The number of methoxy groups -OCH3 is 2. The molecule has 0 aliphatic heterocycles. The summed E-state index contributed by atoms with van der Waals surface area (Å²) in [4.78, 5) is 14.0. The molecule has 5 nitrogen and oxygen atoms in total. The van der Waals surface area contributed by atoms with Crippen molar-refractivity contribution in [2.24, 2.45) is 0 Å². The monoisotopic (exact) mass is 409 g/mol. The van der Waals surface area contributed by atoms with Gasteiger partial charge in [-0.25, -0.2) is 0 Å². The Kier molecular flexibility index (Phi) is 7.05. The second-order valence-electron chi connectivity index (χ2n) is 6.28. The Labute approximate surface area is 174 Å². The van der Waals surface area contributed by atoms with Crippen molar-refractivity contribution in [3.8, 4) is 11.5 Å². The van der Waals surface area contributed by atoms with Gasteiger partial charge in [-0.2, -0.15) is 0 Å². The van der Waals surface area contributed by atoms with Crippen LogP contribution in [0.2, 0.25) is 0 Å². The van der Waals surface area contributed by atoms with Crippen LogP contribution in [-0.2, 0) is 11.3 Å². The minimum absolute atomic E-state index is 0.196. The summed E-state index contributed by atoms with van der Waals surface area (Å²) in [5.41, 5.74) is 1.69. The number of thiophene rings is 1. The van der Waals surface area contributed by atoms with Crippen LogP contribution in [0.1, 0.15) is 27.0 Å². The molecule has 0 aliphatic carbocycles. The fourth-order valence-corrected chi connectivity index (χ4v) is 3.76. The lowest BCUT2D eigenvalue weighted by Crippen LogP contribution is -2.19. The van der Waals surface area contributed by atoms with Gasteiger partial charge in [-0.05, 0) is 41.5 Å². The molecule has 1 aromatic heterocycles. The first-order valence-corrected chi connectivity index (χ1v) is 9.92. The third kappa shape index (κ3) is 5.47. The molecular formula is C23H23NO4S. The number of hydrogen-bond donors (Lipinski definition) is 2. The second kappa shape index (κ2) is 9.91. The molecule has 2 aromatic carbocycles. The highest BCUT2D eigenvalue weighted by Crippen LogP contribution is 2.29. The van der Waals surface area contributed by atoms with Crippen LogP contribution in [0.15, 0.2) is 66.7 Å². The van der Waals surface area contributed by atoms with Gasteiger partial charge in [-0.1, -0.05) is 36.4 Å². The molecule has 150 valence electrons. The first-order chi connectivity index (χ1) is 14.1. The summed E-state index contributed by atoms with van der Waals surface area (Å²) in [6.45, 7) is 0.404. The third-order valence-electron chi connectivity index (χ3n) is 4.34. The van der Waals surface area contributed by atoms with E-state index in [4.69, 9.17) is 9.47 Å². The van der Waals surface area contributed by atoms with Crippen molar-refractivity contribution >= 4 is 23.3 Å². The lowest BCUT2D eigenvalue weighted by Gasteiger charge is -2.08. The first kappa shape index (κ1) is 20.6. The molecule has 3 aromatic rings. The van der Waals surface area contributed by atoms with E-state index in [1.54, 1.807) is 32.4 Å². The van der Waals surface area contributed by atoms with Gasteiger partial charge in [0.25, 0.3) is 0 Å². The number of rotatable bonds is 8. The molecule has 2 N–H and O–H groups in total. The van der Waals surface area contributed by atoms with Crippen LogP contribution in [0.5, 0.6) is 11.5 Å². The molecule has 0 fully saturated rings. The van der Waals surface area contributed by atoms with Crippen molar-refractivity contribution in [1.29, 1.82) is 0 Å². The molecule has 3 rings (SSSR count). The molecule has 0 radical (unpaired) electrons. The van der Waals surface area contributed by atoms with Gasteiger partial charge in [0.2, 0.25) is 5.91 Å². The summed E-state index contributed by atoms with van der Waals surface area (Å²) in [6.07, 6.45) is 2.54. The first-order valence-electron chi connectivity index (χ1n) is 9.10. The highest BCUT2D eigenvalue weighted by Gasteiger charge is 2.12. The molecule has 1 amide bonds. The molecule has 1 atom stereocenters. The Morgan fingerprint density at radius 2 is 1.83 bits per heavy atom. The number of aliphatic hydroxyl groups excluding tert-OH is 1. The van der Waals surface area contributed by atoms with E-state index in [-0.39, 0.29) is 5.91 Å². The largest absolute Gasteiger partial charge is 0.493 e. The highest BCUT2D eigenvalue weighted by atomic mass is 32.1. The summed E-state index contributed by atoms with van der Waals surface area (Å²) in [7, 11) is 3.15. The van der Waals surface area contributed by atoms with Gasteiger partial charge in [-0.3, -0.25) is 4.79 Å². The maximum absolute atomic E-state index is 12.1. The molecule has 0 spiro atoms. The second-order valence-corrected chi connectivity index (χ2v) is 7.48. The highest BCUT2D eigenvalue weighted by molar-refractivity contribution is 7.12. The van der Waals surface area contributed by atoms with Crippen molar-refractivity contribution in [3.63, 3.8) is 0 Å². The Balaban J connectivity index is 1.56. The standard InChI is InChI=1S/C23H23NO4S/c1-27-19-11-8-16(14-20(19)28-2)9-13-22(25)24-15-18-10-12-21(29-18)23(26)17-6-4-3-5-7-17/h3-14,23,26H,15H2,1-2H3,(H,24,25)/b13-9+. The van der Waals surface area contributed by atoms with Crippen LogP contribution in [-0.4, -0.2) is 25.2 Å². The van der Waals surface area contributed by atoms with Crippen molar-refractivity contribution in [2.45, 2.75) is 12.6 Å². The Hall–Kier alpha value is -3.09. The molecule has 1 heterocycles. The normalized spacial score (nSPS) is 12.0. The average molecular weight is 410 g/mol. The van der Waals surface area contributed by atoms with Crippen molar-refractivity contribution < 1.29 is 19.4 Å². The van der Waals surface area contributed by atoms with E-state index in [0.29, 0.717) is 18.0 Å². The quantitative estimate of drug-likeness (QED) is 0.548. The van der Waals surface area contributed by atoms with E-state index in [1.165, 1.54) is 17.4 Å². The maximum Gasteiger partial charge on any atom is 0.244 e. The van der Waals surface area contributed by atoms with Crippen LogP contribution in [0, 0.1) is 0 Å². The van der Waals surface area contributed by atoms with E-state index in [0.717, 1.165) is 20.9 Å². The van der Waals surface area contributed by atoms with Gasteiger partial charge in [0.15, 0.2) is 11.5 Å². The summed E-state index contributed by atoms with van der Waals surface area (Å²) >= 11 is 1.48. The van der Waals surface area contributed by atoms with Gasteiger partial charge >= 0.3 is 0 Å². The number of nitrogens with one attached hydrogen (secondary N) is 1. The SMILES string of the molecule is COc1ccc(/C=C/C(=O)NCc2ccc(C(O)c3ccccc3)s2)cc1OC. The smallest absolute Gasteiger partial charge is 0.244 e. The van der Waals surface area contributed by atoms with E-state index in [1.807, 2.05) is 48.5 Å². The Morgan fingerprint density at radius 1 is 1.07 bits per heavy atom. The topological polar surface area (TPSA) is 67.8 Å². The number of amides is 1. The summed E-state index contributed by atoms with van der Waals surface area (Å²) in [5, 5.41) is 13.3. The number of carbonyl (C=O) groups is 1. The number of ether oxygens (including phenoxy) is 2. The van der Waals surface area contributed by atoms with E-state index in [9.17, 15) is 9.90 Å². The minimum atomic E-state index is -0.657. The van der Waals surface area contributed by atoms with Crippen LogP contribution in [0.4, 0.5) is 0 Å². The van der Waals surface area contributed by atoms with Crippen LogP contribution in [0.25, 0.3) is 6.08 Å². The number of aliphatic hydroxyl groups is 1. The van der Waals surface area contributed by atoms with E-state index < -0.39 is 6.10 Å². The number of benzene rings is 2. The zero-order valence-electron chi connectivity index (χ0n) is 16.3. The van der Waals surface area contributed by atoms with Crippen LogP contribution in [0.3, 0.4) is 0 Å². The summed E-state index contributed by atoms with van der Waals surface area (Å²) < 4.78 is 10.5. The minimum Gasteiger partial charge on any atom is -0.493 e. The predicted molar refractivity (Wildman–Crippen MR) is 115 cm³/mol. The molecule has 0 saturated carbocycles. The third-order valence-corrected chi connectivity index (χ3v) is 5.48. The van der Waals surface area contributed by atoms with Gasteiger partial charge in [0, 0.05) is 15.8 Å².